The molecule has 12 heavy (non-hydrogen) atoms. The van der Waals surface area contributed by atoms with Gasteiger partial charge in [0.15, 0.2) is 0 Å². The summed E-state index contributed by atoms with van der Waals surface area (Å²) in [6, 6.07) is 0. The van der Waals surface area contributed by atoms with Gasteiger partial charge in [0, 0.05) is 7.11 Å². The predicted octanol–water partition coefficient (Wildman–Crippen LogP) is 2.30. The average molecular weight is 168 g/mol. The van der Waals surface area contributed by atoms with E-state index in [1.54, 1.807) is 14.2 Å². The van der Waals surface area contributed by atoms with Gasteiger partial charge in [-0.3, -0.25) is 0 Å². The Morgan fingerprint density at radius 1 is 1.42 bits per heavy atom. The summed E-state index contributed by atoms with van der Waals surface area (Å²) in [6.45, 7) is 6.29. The maximum atomic E-state index is 4.89. The molecule has 0 N–H and O–H groups in total. The minimum absolute atomic E-state index is 0.630. The quantitative estimate of drug-likeness (QED) is 0.463. The van der Waals surface area contributed by atoms with E-state index in [0.717, 1.165) is 5.57 Å². The number of hydrogen-bond acceptors (Lipinski definition) is 2. The Morgan fingerprint density at radius 2 is 2.08 bits per heavy atom. The van der Waals surface area contributed by atoms with Crippen molar-refractivity contribution in [1.29, 1.82) is 0 Å². The fourth-order valence-electron chi connectivity index (χ4n) is 0.691. The van der Waals surface area contributed by atoms with Crippen molar-refractivity contribution >= 4 is 0 Å². The Bertz CT molecular complexity index is 190. The first-order valence-corrected chi connectivity index (χ1v) is 3.77. The van der Waals surface area contributed by atoms with Crippen molar-refractivity contribution in [3.63, 3.8) is 0 Å². The first kappa shape index (κ1) is 11.0. The van der Waals surface area contributed by atoms with Gasteiger partial charge in [0.2, 0.25) is 0 Å². The molecule has 0 spiro atoms. The fourth-order valence-corrected chi connectivity index (χ4v) is 0.691. The van der Waals surface area contributed by atoms with Gasteiger partial charge in [-0.1, -0.05) is 18.7 Å². The van der Waals surface area contributed by atoms with Crippen LogP contribution >= 0.6 is 0 Å². The lowest BCUT2D eigenvalue weighted by atomic mass is 10.2. The van der Waals surface area contributed by atoms with Crippen molar-refractivity contribution in [3.05, 3.63) is 36.1 Å². The van der Waals surface area contributed by atoms with Gasteiger partial charge in [0.1, 0.15) is 5.76 Å². The third-order valence-corrected chi connectivity index (χ3v) is 1.29. The maximum absolute atomic E-state index is 4.89. The van der Waals surface area contributed by atoms with Crippen LogP contribution in [-0.2, 0) is 9.47 Å². The zero-order valence-electron chi connectivity index (χ0n) is 7.96. The number of ether oxygens (including phenoxy) is 2. The van der Waals surface area contributed by atoms with Gasteiger partial charge in [0.25, 0.3) is 0 Å². The molecule has 0 rings (SSSR count). The number of methoxy groups -OCH3 is 2. The lowest BCUT2D eigenvalue weighted by molar-refractivity contribution is 0.234. The van der Waals surface area contributed by atoms with Crippen LogP contribution in [0.5, 0.6) is 0 Å². The van der Waals surface area contributed by atoms with Gasteiger partial charge in [-0.05, 0) is 18.6 Å². The molecule has 0 aromatic rings. The Morgan fingerprint density at radius 3 is 2.58 bits per heavy atom. The molecular weight excluding hydrogens is 152 g/mol. The van der Waals surface area contributed by atoms with Crippen molar-refractivity contribution in [1.82, 2.24) is 0 Å². The summed E-state index contributed by atoms with van der Waals surface area (Å²) >= 11 is 0. The van der Waals surface area contributed by atoms with Gasteiger partial charge in [0.05, 0.1) is 13.7 Å². The van der Waals surface area contributed by atoms with Gasteiger partial charge >= 0.3 is 0 Å². The largest absolute Gasteiger partial charge is 0.497 e. The molecule has 0 aliphatic carbocycles. The van der Waals surface area contributed by atoms with Crippen LogP contribution in [0.4, 0.5) is 0 Å². The van der Waals surface area contributed by atoms with Crippen LogP contribution in [0.15, 0.2) is 36.1 Å². The lowest BCUT2D eigenvalue weighted by Gasteiger charge is -1.97. The highest BCUT2D eigenvalue weighted by molar-refractivity contribution is 5.23. The van der Waals surface area contributed by atoms with E-state index < -0.39 is 0 Å². The molecule has 0 fully saturated rings. The van der Waals surface area contributed by atoms with Crippen LogP contribution in [0, 0.1) is 0 Å². The van der Waals surface area contributed by atoms with E-state index in [2.05, 4.69) is 6.58 Å². The molecule has 0 bridgehead atoms. The van der Waals surface area contributed by atoms with Crippen LogP contribution in [0.25, 0.3) is 0 Å². The minimum atomic E-state index is 0.630. The van der Waals surface area contributed by atoms with Crippen molar-refractivity contribution in [2.24, 2.45) is 0 Å². The third-order valence-electron chi connectivity index (χ3n) is 1.29. The molecule has 2 heteroatoms. The molecule has 0 heterocycles. The first-order valence-electron chi connectivity index (χ1n) is 3.77. The van der Waals surface area contributed by atoms with E-state index in [0.29, 0.717) is 12.4 Å². The zero-order valence-corrected chi connectivity index (χ0v) is 7.96. The molecule has 68 valence electrons. The molecule has 0 unspecified atom stereocenters. The number of allylic oxidation sites excluding steroid dienone is 3. The Balaban J connectivity index is 3.92. The highest BCUT2D eigenvalue weighted by Gasteiger charge is 1.85. The normalized spacial score (nSPS) is 12.1. The van der Waals surface area contributed by atoms with E-state index in [-0.39, 0.29) is 0 Å². The van der Waals surface area contributed by atoms with Crippen LogP contribution < -0.4 is 0 Å². The molecular formula is C10H16O2. The molecule has 0 amide bonds. The van der Waals surface area contributed by atoms with Gasteiger partial charge in [-0.2, -0.15) is 0 Å². The van der Waals surface area contributed by atoms with E-state index >= 15 is 0 Å². The monoisotopic (exact) mass is 168 g/mol. The standard InChI is InChI=1S/C10H16O2/c1-9(6-5-7-11-3)8-10(2)12-4/h5-6,8H,2,7H2,1,3-4H3/b6-5-,9-8-. The molecule has 0 radical (unpaired) electrons. The lowest BCUT2D eigenvalue weighted by Crippen LogP contribution is -1.82. The molecule has 2 nitrogen and oxygen atoms in total. The van der Waals surface area contributed by atoms with E-state index in [1.165, 1.54) is 0 Å². The first-order chi connectivity index (χ1) is 5.70. The summed E-state index contributed by atoms with van der Waals surface area (Å²) in [5.41, 5.74) is 1.10. The molecule has 0 aliphatic heterocycles. The van der Waals surface area contributed by atoms with Gasteiger partial charge in [-0.15, -0.1) is 0 Å². The topological polar surface area (TPSA) is 18.5 Å². The molecule has 0 saturated heterocycles. The third kappa shape index (κ3) is 5.74. The summed E-state index contributed by atoms with van der Waals surface area (Å²) in [4.78, 5) is 0. The maximum Gasteiger partial charge on any atom is 0.111 e. The highest BCUT2D eigenvalue weighted by atomic mass is 16.5. The Hall–Kier alpha value is -1.02. The fraction of sp³-hybridized carbons (Fsp3) is 0.400. The van der Waals surface area contributed by atoms with Crippen molar-refractivity contribution < 1.29 is 9.47 Å². The zero-order chi connectivity index (χ0) is 9.40. The van der Waals surface area contributed by atoms with Crippen LogP contribution in [0.3, 0.4) is 0 Å². The smallest absolute Gasteiger partial charge is 0.111 e. The molecule has 0 aromatic carbocycles. The summed E-state index contributed by atoms with van der Waals surface area (Å²) < 4.78 is 9.75. The van der Waals surface area contributed by atoms with E-state index in [1.807, 2.05) is 25.2 Å². The van der Waals surface area contributed by atoms with Gasteiger partial charge in [-0.25, -0.2) is 0 Å². The molecule has 0 aliphatic rings. The van der Waals surface area contributed by atoms with Crippen molar-refractivity contribution in [3.8, 4) is 0 Å². The molecule has 0 saturated carbocycles. The Labute approximate surface area is 74.2 Å². The summed E-state index contributed by atoms with van der Waals surface area (Å²) in [5, 5.41) is 0. The highest BCUT2D eigenvalue weighted by Crippen LogP contribution is 2.01. The second kappa shape index (κ2) is 6.68. The Kier molecular flexibility index (Phi) is 6.11. The SMILES string of the molecule is C=C(/C=C(C)\C=C/COC)OC. The van der Waals surface area contributed by atoms with Crippen molar-refractivity contribution in [2.45, 2.75) is 6.92 Å². The van der Waals surface area contributed by atoms with E-state index in [9.17, 15) is 0 Å². The number of rotatable bonds is 5. The van der Waals surface area contributed by atoms with Crippen LogP contribution in [0.2, 0.25) is 0 Å². The summed E-state index contributed by atoms with van der Waals surface area (Å²) in [5.74, 6) is 0.662. The average Bonchev–Trinajstić information content (AvgIpc) is 2.05. The second-order valence-electron chi connectivity index (χ2n) is 2.42. The summed E-state index contributed by atoms with van der Waals surface area (Å²) in [7, 11) is 3.27. The predicted molar refractivity (Wildman–Crippen MR) is 50.9 cm³/mol. The second-order valence-corrected chi connectivity index (χ2v) is 2.42. The number of hydrogen-bond donors (Lipinski definition) is 0. The summed E-state index contributed by atoms with van der Waals surface area (Å²) in [6.07, 6.45) is 5.77. The van der Waals surface area contributed by atoms with E-state index in [4.69, 9.17) is 9.47 Å². The molecule has 0 aromatic heterocycles. The van der Waals surface area contributed by atoms with Crippen LogP contribution in [-0.4, -0.2) is 20.8 Å². The van der Waals surface area contributed by atoms with Crippen LogP contribution in [0.1, 0.15) is 6.92 Å². The van der Waals surface area contributed by atoms with Gasteiger partial charge < -0.3 is 9.47 Å². The van der Waals surface area contributed by atoms with Crippen molar-refractivity contribution in [2.75, 3.05) is 20.8 Å². The molecule has 0 atom stereocenters. The minimum Gasteiger partial charge on any atom is -0.497 e.